The maximum Gasteiger partial charge on any atom is 0.243 e. The zero-order valence-electron chi connectivity index (χ0n) is 12.7. The Balaban J connectivity index is 2.32. The molecule has 1 fully saturated rings. The van der Waals surface area contributed by atoms with E-state index in [0.29, 0.717) is 19.4 Å². The smallest absolute Gasteiger partial charge is 0.243 e. The van der Waals surface area contributed by atoms with Crippen LogP contribution in [-0.4, -0.2) is 41.8 Å². The van der Waals surface area contributed by atoms with E-state index in [1.807, 2.05) is 12.1 Å². The number of hydrogen-bond donors (Lipinski definition) is 2. The van der Waals surface area contributed by atoms with Crippen molar-refractivity contribution >= 4 is 10.0 Å². The minimum atomic E-state index is -3.68. The predicted molar refractivity (Wildman–Crippen MR) is 80.3 cm³/mol. The van der Waals surface area contributed by atoms with Crippen molar-refractivity contribution in [2.45, 2.75) is 56.3 Å². The van der Waals surface area contributed by atoms with Gasteiger partial charge in [0.15, 0.2) is 6.29 Å². The third kappa shape index (κ3) is 3.29. The molecule has 0 amide bonds. The van der Waals surface area contributed by atoms with Crippen LogP contribution in [0.4, 0.5) is 0 Å². The topological polar surface area (TPSA) is 77.8 Å². The van der Waals surface area contributed by atoms with Crippen molar-refractivity contribution in [3.63, 3.8) is 0 Å². The van der Waals surface area contributed by atoms with Gasteiger partial charge in [-0.15, -0.1) is 0 Å². The van der Waals surface area contributed by atoms with E-state index in [-0.39, 0.29) is 10.3 Å². The Morgan fingerprint density at radius 2 is 1.76 bits per heavy atom. The highest BCUT2D eigenvalue weighted by molar-refractivity contribution is 7.89. The Morgan fingerprint density at radius 1 is 1.19 bits per heavy atom. The van der Waals surface area contributed by atoms with Gasteiger partial charge in [0.1, 0.15) is 0 Å². The van der Waals surface area contributed by atoms with Crippen molar-refractivity contribution in [3.8, 4) is 0 Å². The molecular weight excluding hydrogens is 290 g/mol. The summed E-state index contributed by atoms with van der Waals surface area (Å²) in [6, 6.07) is 6.06. The fourth-order valence-corrected chi connectivity index (χ4v) is 4.32. The Hall–Kier alpha value is -0.950. The summed E-state index contributed by atoms with van der Waals surface area (Å²) in [5.41, 5.74) is 1.02. The predicted octanol–water partition coefficient (Wildman–Crippen LogP) is 1.45. The van der Waals surface area contributed by atoms with Crippen molar-refractivity contribution in [1.29, 1.82) is 0 Å². The molecule has 5 nitrogen and oxygen atoms in total. The summed E-state index contributed by atoms with van der Waals surface area (Å²) in [7, 11) is -3.68. The average molecular weight is 313 g/mol. The minimum absolute atomic E-state index is 0.0419. The quantitative estimate of drug-likeness (QED) is 0.828. The zero-order chi connectivity index (χ0) is 15.8. The van der Waals surface area contributed by atoms with Crippen molar-refractivity contribution in [2.75, 3.05) is 6.54 Å². The monoisotopic (exact) mass is 313 g/mol. The standard InChI is InChI=1S/C15H23NO4S/c1-15(2,3)11-6-8-12(9-7-11)21(19,20)16-10-4-5-13(16)14(17)18/h6-9,13-14,17-18H,4-5,10H2,1-3H3/t13-/m0/s1. The van der Waals surface area contributed by atoms with Crippen LogP contribution in [0.3, 0.4) is 0 Å². The first-order valence-electron chi connectivity index (χ1n) is 7.12. The minimum Gasteiger partial charge on any atom is -0.367 e. The molecule has 2 rings (SSSR count). The third-order valence-corrected chi connectivity index (χ3v) is 5.86. The van der Waals surface area contributed by atoms with Crippen LogP contribution >= 0.6 is 0 Å². The van der Waals surface area contributed by atoms with Gasteiger partial charge in [-0.1, -0.05) is 32.9 Å². The molecule has 0 aliphatic carbocycles. The zero-order valence-corrected chi connectivity index (χ0v) is 13.5. The molecule has 0 spiro atoms. The molecule has 21 heavy (non-hydrogen) atoms. The summed E-state index contributed by atoms with van der Waals surface area (Å²) >= 11 is 0. The molecular formula is C15H23NO4S. The first kappa shape index (κ1) is 16.4. The van der Waals surface area contributed by atoms with Crippen molar-refractivity contribution in [2.24, 2.45) is 0 Å². The Morgan fingerprint density at radius 3 is 2.24 bits per heavy atom. The van der Waals surface area contributed by atoms with E-state index in [4.69, 9.17) is 0 Å². The summed E-state index contributed by atoms with van der Waals surface area (Å²) in [6.45, 7) is 6.52. The van der Waals surface area contributed by atoms with Crippen LogP contribution in [0.2, 0.25) is 0 Å². The summed E-state index contributed by atoms with van der Waals surface area (Å²) in [5, 5.41) is 18.7. The van der Waals surface area contributed by atoms with Crippen LogP contribution in [0.25, 0.3) is 0 Å². The summed E-state index contributed by atoms with van der Waals surface area (Å²) in [5.74, 6) is 0. The molecule has 0 radical (unpaired) electrons. The summed E-state index contributed by atoms with van der Waals surface area (Å²) in [6.07, 6.45) is -0.533. The SMILES string of the molecule is CC(C)(C)c1ccc(S(=O)(=O)N2CCC[C@H]2C(O)O)cc1. The first-order valence-corrected chi connectivity index (χ1v) is 8.56. The van der Waals surface area contributed by atoms with Crippen LogP contribution in [0.15, 0.2) is 29.2 Å². The second-order valence-electron chi connectivity index (χ2n) is 6.51. The lowest BCUT2D eigenvalue weighted by Gasteiger charge is -2.25. The second-order valence-corrected chi connectivity index (χ2v) is 8.40. The van der Waals surface area contributed by atoms with Crippen molar-refractivity contribution < 1.29 is 18.6 Å². The maximum atomic E-state index is 12.6. The highest BCUT2D eigenvalue weighted by atomic mass is 32.2. The molecule has 1 heterocycles. The lowest BCUT2D eigenvalue weighted by molar-refractivity contribution is -0.0768. The van der Waals surface area contributed by atoms with Gasteiger partial charge in [0.2, 0.25) is 10.0 Å². The van der Waals surface area contributed by atoms with Gasteiger partial charge in [0.25, 0.3) is 0 Å². The summed E-state index contributed by atoms with van der Waals surface area (Å²) < 4.78 is 26.4. The molecule has 118 valence electrons. The van der Waals surface area contributed by atoms with Gasteiger partial charge in [-0.25, -0.2) is 8.42 Å². The average Bonchev–Trinajstić information content (AvgIpc) is 2.88. The molecule has 1 aromatic rings. The molecule has 0 unspecified atom stereocenters. The molecule has 1 aliphatic rings. The van der Waals surface area contributed by atoms with Crippen LogP contribution in [0, 0.1) is 0 Å². The Kier molecular flexibility index (Phi) is 4.44. The number of hydrogen-bond acceptors (Lipinski definition) is 4. The molecule has 1 aliphatic heterocycles. The highest BCUT2D eigenvalue weighted by Crippen LogP contribution is 2.29. The first-order chi connectivity index (χ1) is 9.64. The number of sulfonamides is 1. The van der Waals surface area contributed by atoms with E-state index in [1.165, 1.54) is 4.31 Å². The van der Waals surface area contributed by atoms with E-state index in [2.05, 4.69) is 20.8 Å². The third-order valence-electron chi connectivity index (χ3n) is 3.92. The van der Waals surface area contributed by atoms with Gasteiger partial charge in [0, 0.05) is 6.54 Å². The van der Waals surface area contributed by atoms with Gasteiger partial charge >= 0.3 is 0 Å². The highest BCUT2D eigenvalue weighted by Gasteiger charge is 2.38. The molecule has 0 bridgehead atoms. The fraction of sp³-hybridized carbons (Fsp3) is 0.600. The van der Waals surface area contributed by atoms with Gasteiger partial charge in [-0.2, -0.15) is 4.31 Å². The van der Waals surface area contributed by atoms with E-state index in [9.17, 15) is 18.6 Å². The second kappa shape index (κ2) is 5.68. The molecule has 0 saturated carbocycles. The Labute approximate surface area is 126 Å². The van der Waals surface area contributed by atoms with Crippen molar-refractivity contribution in [3.05, 3.63) is 29.8 Å². The molecule has 2 N–H and O–H groups in total. The van der Waals surface area contributed by atoms with Gasteiger partial charge < -0.3 is 10.2 Å². The lowest BCUT2D eigenvalue weighted by atomic mass is 9.87. The number of nitrogens with zero attached hydrogens (tertiary/aromatic N) is 1. The molecule has 6 heteroatoms. The van der Waals surface area contributed by atoms with E-state index < -0.39 is 22.4 Å². The number of aliphatic hydroxyl groups excluding tert-OH is 1. The van der Waals surface area contributed by atoms with Crippen LogP contribution in [0.1, 0.15) is 39.2 Å². The molecule has 0 aromatic heterocycles. The van der Waals surface area contributed by atoms with Gasteiger partial charge in [-0.05, 0) is 36.0 Å². The molecule has 1 aromatic carbocycles. The van der Waals surface area contributed by atoms with E-state index in [0.717, 1.165) is 5.56 Å². The number of rotatable bonds is 3. The molecule has 1 saturated heterocycles. The van der Waals surface area contributed by atoms with E-state index >= 15 is 0 Å². The van der Waals surface area contributed by atoms with Crippen molar-refractivity contribution in [1.82, 2.24) is 4.31 Å². The van der Waals surface area contributed by atoms with Gasteiger partial charge in [-0.3, -0.25) is 0 Å². The largest absolute Gasteiger partial charge is 0.367 e. The Bertz CT molecular complexity index is 587. The normalized spacial score (nSPS) is 21.1. The lowest BCUT2D eigenvalue weighted by Crippen LogP contribution is -2.42. The van der Waals surface area contributed by atoms with E-state index in [1.54, 1.807) is 12.1 Å². The van der Waals surface area contributed by atoms with Gasteiger partial charge in [0.05, 0.1) is 10.9 Å². The summed E-state index contributed by atoms with van der Waals surface area (Å²) in [4.78, 5) is 0.197. The van der Waals surface area contributed by atoms with Crippen LogP contribution < -0.4 is 0 Å². The number of aliphatic hydroxyl groups is 2. The molecule has 1 atom stereocenters. The fourth-order valence-electron chi connectivity index (χ4n) is 2.62. The van der Waals surface area contributed by atoms with Crippen LogP contribution in [0.5, 0.6) is 0 Å². The maximum absolute atomic E-state index is 12.6. The number of benzene rings is 1. The van der Waals surface area contributed by atoms with Crippen LogP contribution in [-0.2, 0) is 15.4 Å².